The standard InChI is InChI=1S/C10H13NOS/c1-7-6-11-10(13-7)8-3-2-4-9(12)5-8/h2-5,7,10-12H,6H2,1H3. The van der Waals surface area contributed by atoms with Crippen LogP contribution in [0.4, 0.5) is 0 Å². The summed E-state index contributed by atoms with van der Waals surface area (Å²) in [4.78, 5) is 0. The smallest absolute Gasteiger partial charge is 0.115 e. The van der Waals surface area contributed by atoms with Gasteiger partial charge in [-0.15, -0.1) is 11.8 Å². The van der Waals surface area contributed by atoms with Gasteiger partial charge in [0.2, 0.25) is 0 Å². The van der Waals surface area contributed by atoms with Crippen molar-refractivity contribution in [1.82, 2.24) is 5.32 Å². The Morgan fingerprint density at radius 2 is 2.38 bits per heavy atom. The molecule has 2 unspecified atom stereocenters. The van der Waals surface area contributed by atoms with Crippen molar-refractivity contribution in [2.24, 2.45) is 0 Å². The minimum atomic E-state index is 0.347. The van der Waals surface area contributed by atoms with Gasteiger partial charge < -0.3 is 10.4 Å². The molecule has 70 valence electrons. The summed E-state index contributed by atoms with van der Waals surface area (Å²) in [5.41, 5.74) is 1.16. The van der Waals surface area contributed by atoms with E-state index in [1.807, 2.05) is 30.0 Å². The Bertz CT molecular complexity index is 303. The molecule has 0 amide bonds. The van der Waals surface area contributed by atoms with Crippen LogP contribution in [-0.4, -0.2) is 16.9 Å². The largest absolute Gasteiger partial charge is 0.508 e. The van der Waals surface area contributed by atoms with Gasteiger partial charge in [-0.3, -0.25) is 0 Å². The molecule has 0 aliphatic carbocycles. The van der Waals surface area contributed by atoms with E-state index in [0.29, 0.717) is 16.4 Å². The van der Waals surface area contributed by atoms with E-state index in [4.69, 9.17) is 0 Å². The van der Waals surface area contributed by atoms with E-state index in [2.05, 4.69) is 12.2 Å². The highest BCUT2D eigenvalue weighted by Crippen LogP contribution is 2.35. The van der Waals surface area contributed by atoms with Crippen LogP contribution in [0.5, 0.6) is 5.75 Å². The molecule has 2 atom stereocenters. The third kappa shape index (κ3) is 1.98. The van der Waals surface area contributed by atoms with Crippen molar-refractivity contribution in [3.05, 3.63) is 29.8 Å². The summed E-state index contributed by atoms with van der Waals surface area (Å²) < 4.78 is 0. The van der Waals surface area contributed by atoms with Crippen molar-refractivity contribution in [2.45, 2.75) is 17.5 Å². The molecule has 1 heterocycles. The molecule has 0 bridgehead atoms. The third-order valence-corrected chi connectivity index (χ3v) is 3.47. The molecule has 1 fully saturated rings. The lowest BCUT2D eigenvalue weighted by Gasteiger charge is -2.09. The highest BCUT2D eigenvalue weighted by Gasteiger charge is 2.22. The van der Waals surface area contributed by atoms with Crippen LogP contribution in [0.2, 0.25) is 0 Å². The Kier molecular flexibility index (Phi) is 2.47. The van der Waals surface area contributed by atoms with Crippen molar-refractivity contribution in [2.75, 3.05) is 6.54 Å². The topological polar surface area (TPSA) is 32.3 Å². The van der Waals surface area contributed by atoms with Crippen LogP contribution in [0.15, 0.2) is 24.3 Å². The monoisotopic (exact) mass is 195 g/mol. The quantitative estimate of drug-likeness (QED) is 0.720. The Labute approximate surface area is 82.4 Å². The van der Waals surface area contributed by atoms with Crippen LogP contribution in [0.1, 0.15) is 17.9 Å². The maximum atomic E-state index is 9.30. The van der Waals surface area contributed by atoms with Crippen molar-refractivity contribution < 1.29 is 5.11 Å². The van der Waals surface area contributed by atoms with Gasteiger partial charge in [0.15, 0.2) is 0 Å². The number of phenols is 1. The van der Waals surface area contributed by atoms with Gasteiger partial charge in [-0.25, -0.2) is 0 Å². The van der Waals surface area contributed by atoms with Gasteiger partial charge in [0.25, 0.3) is 0 Å². The first-order chi connectivity index (χ1) is 6.25. The molecule has 1 aromatic rings. The summed E-state index contributed by atoms with van der Waals surface area (Å²) in [6.07, 6.45) is 0. The average molecular weight is 195 g/mol. The van der Waals surface area contributed by atoms with E-state index in [-0.39, 0.29) is 0 Å². The van der Waals surface area contributed by atoms with Crippen LogP contribution < -0.4 is 5.32 Å². The van der Waals surface area contributed by atoms with Gasteiger partial charge in [-0.05, 0) is 17.7 Å². The van der Waals surface area contributed by atoms with Crippen LogP contribution in [0.25, 0.3) is 0 Å². The van der Waals surface area contributed by atoms with Gasteiger partial charge in [0.05, 0.1) is 5.37 Å². The Morgan fingerprint density at radius 1 is 1.54 bits per heavy atom. The van der Waals surface area contributed by atoms with E-state index >= 15 is 0 Å². The molecule has 0 saturated carbocycles. The molecule has 2 nitrogen and oxygen atoms in total. The van der Waals surface area contributed by atoms with E-state index in [0.717, 1.165) is 12.1 Å². The number of thioether (sulfide) groups is 1. The number of benzene rings is 1. The molecular weight excluding hydrogens is 182 g/mol. The van der Waals surface area contributed by atoms with Gasteiger partial charge in [0.1, 0.15) is 5.75 Å². The van der Waals surface area contributed by atoms with E-state index < -0.39 is 0 Å². The Balaban J connectivity index is 2.16. The van der Waals surface area contributed by atoms with Crippen molar-refractivity contribution in [1.29, 1.82) is 0 Å². The van der Waals surface area contributed by atoms with E-state index in [9.17, 15) is 5.11 Å². The SMILES string of the molecule is CC1CNC(c2cccc(O)c2)S1. The highest BCUT2D eigenvalue weighted by atomic mass is 32.2. The fraction of sp³-hybridized carbons (Fsp3) is 0.400. The maximum Gasteiger partial charge on any atom is 0.115 e. The highest BCUT2D eigenvalue weighted by molar-refractivity contribution is 8.00. The summed E-state index contributed by atoms with van der Waals surface area (Å²) in [5.74, 6) is 0.347. The van der Waals surface area contributed by atoms with Crippen LogP contribution in [0.3, 0.4) is 0 Å². The number of aromatic hydroxyl groups is 1. The fourth-order valence-electron chi connectivity index (χ4n) is 1.49. The van der Waals surface area contributed by atoms with Crippen molar-refractivity contribution in [3.8, 4) is 5.75 Å². The first-order valence-corrected chi connectivity index (χ1v) is 5.38. The normalized spacial score (nSPS) is 27.8. The first kappa shape index (κ1) is 8.91. The molecule has 1 aliphatic heterocycles. The predicted molar refractivity (Wildman–Crippen MR) is 55.9 cm³/mol. The molecule has 1 aromatic carbocycles. The molecule has 1 saturated heterocycles. The lowest BCUT2D eigenvalue weighted by atomic mass is 10.2. The molecule has 13 heavy (non-hydrogen) atoms. The molecular formula is C10H13NOS. The van der Waals surface area contributed by atoms with E-state index in [1.165, 1.54) is 0 Å². The molecule has 2 rings (SSSR count). The number of rotatable bonds is 1. The van der Waals surface area contributed by atoms with E-state index in [1.54, 1.807) is 6.07 Å². The van der Waals surface area contributed by atoms with Crippen LogP contribution >= 0.6 is 11.8 Å². The zero-order chi connectivity index (χ0) is 9.26. The number of hydrogen-bond acceptors (Lipinski definition) is 3. The third-order valence-electron chi connectivity index (χ3n) is 2.13. The maximum absolute atomic E-state index is 9.30. The van der Waals surface area contributed by atoms with Crippen molar-refractivity contribution >= 4 is 11.8 Å². The molecule has 0 spiro atoms. The lowest BCUT2D eigenvalue weighted by molar-refractivity contribution is 0.474. The minimum absolute atomic E-state index is 0.347. The summed E-state index contributed by atoms with van der Waals surface area (Å²) in [5, 5.41) is 13.7. The second-order valence-electron chi connectivity index (χ2n) is 3.33. The summed E-state index contributed by atoms with van der Waals surface area (Å²) in [6, 6.07) is 7.45. The van der Waals surface area contributed by atoms with Crippen molar-refractivity contribution in [3.63, 3.8) is 0 Å². The first-order valence-electron chi connectivity index (χ1n) is 4.43. The molecule has 2 N–H and O–H groups in total. The zero-order valence-electron chi connectivity index (χ0n) is 7.53. The van der Waals surface area contributed by atoms with Gasteiger partial charge in [-0.2, -0.15) is 0 Å². The number of phenolic OH excluding ortho intramolecular Hbond substituents is 1. The second-order valence-corrected chi connectivity index (χ2v) is 4.88. The van der Waals surface area contributed by atoms with Gasteiger partial charge in [0, 0.05) is 11.8 Å². The average Bonchev–Trinajstić information content (AvgIpc) is 2.52. The van der Waals surface area contributed by atoms with Gasteiger partial charge in [-0.1, -0.05) is 19.1 Å². The molecule has 1 aliphatic rings. The second kappa shape index (κ2) is 3.60. The fourth-order valence-corrected chi connectivity index (χ4v) is 2.64. The number of hydrogen-bond donors (Lipinski definition) is 2. The summed E-state index contributed by atoms with van der Waals surface area (Å²) >= 11 is 1.91. The predicted octanol–water partition coefficient (Wildman–Crippen LogP) is 2.12. The van der Waals surface area contributed by atoms with Crippen LogP contribution in [0, 0.1) is 0 Å². The zero-order valence-corrected chi connectivity index (χ0v) is 8.34. The Hall–Kier alpha value is -0.670. The Morgan fingerprint density at radius 3 is 3.00 bits per heavy atom. The number of nitrogens with one attached hydrogen (secondary N) is 1. The lowest BCUT2D eigenvalue weighted by Crippen LogP contribution is -2.13. The summed E-state index contributed by atoms with van der Waals surface area (Å²) in [7, 11) is 0. The minimum Gasteiger partial charge on any atom is -0.508 e. The van der Waals surface area contributed by atoms with Gasteiger partial charge >= 0.3 is 0 Å². The van der Waals surface area contributed by atoms with Crippen LogP contribution in [-0.2, 0) is 0 Å². The molecule has 0 radical (unpaired) electrons. The molecule has 3 heteroatoms. The summed E-state index contributed by atoms with van der Waals surface area (Å²) in [6.45, 7) is 3.26. The molecule has 0 aromatic heterocycles.